The Bertz CT molecular complexity index is 709. The van der Waals surface area contributed by atoms with Crippen LogP contribution in [0.25, 0.3) is 0 Å². The van der Waals surface area contributed by atoms with Crippen LogP contribution >= 0.6 is 11.6 Å². The van der Waals surface area contributed by atoms with Gasteiger partial charge in [-0.25, -0.2) is 4.79 Å². The second-order valence-electron chi connectivity index (χ2n) is 6.87. The Hall–Kier alpha value is -2.28. The van der Waals surface area contributed by atoms with E-state index < -0.39 is 0 Å². The van der Waals surface area contributed by atoms with Gasteiger partial charge in [-0.15, -0.1) is 0 Å². The SMILES string of the molecule is CCOC(=O)[C@H]1CCCN(C(=O)N[C@@H]2CC(=O)N(c3ccc(Cl)cc3)C2)C1. The molecule has 2 heterocycles. The highest BCUT2D eigenvalue weighted by Gasteiger charge is 2.34. The summed E-state index contributed by atoms with van der Waals surface area (Å²) in [5.74, 6) is -0.564. The van der Waals surface area contributed by atoms with E-state index in [0.29, 0.717) is 31.3 Å². The van der Waals surface area contributed by atoms with Crippen LogP contribution in [0.2, 0.25) is 5.02 Å². The van der Waals surface area contributed by atoms with E-state index in [1.807, 2.05) is 0 Å². The molecule has 2 aliphatic heterocycles. The highest BCUT2D eigenvalue weighted by Crippen LogP contribution is 2.24. The average Bonchev–Trinajstić information content (AvgIpc) is 3.02. The van der Waals surface area contributed by atoms with E-state index >= 15 is 0 Å². The molecule has 0 bridgehead atoms. The van der Waals surface area contributed by atoms with Crippen LogP contribution in [0, 0.1) is 5.92 Å². The van der Waals surface area contributed by atoms with Crippen molar-refractivity contribution in [1.29, 1.82) is 0 Å². The lowest BCUT2D eigenvalue weighted by Crippen LogP contribution is -2.50. The average molecular weight is 394 g/mol. The predicted octanol–water partition coefficient (Wildman–Crippen LogP) is 2.43. The topological polar surface area (TPSA) is 79.0 Å². The summed E-state index contributed by atoms with van der Waals surface area (Å²) in [6.45, 7) is 3.48. The van der Waals surface area contributed by atoms with Crippen LogP contribution in [0.5, 0.6) is 0 Å². The van der Waals surface area contributed by atoms with Crippen LogP contribution in [0.15, 0.2) is 24.3 Å². The zero-order valence-corrected chi connectivity index (χ0v) is 16.1. The van der Waals surface area contributed by atoms with Crippen LogP contribution in [0.4, 0.5) is 10.5 Å². The number of nitrogens with zero attached hydrogens (tertiary/aromatic N) is 2. The number of ether oxygens (including phenoxy) is 1. The number of piperidine rings is 1. The standard InChI is InChI=1S/C19H24ClN3O4/c1-2-27-18(25)13-4-3-9-22(11-13)19(26)21-15-10-17(24)23(12-15)16-7-5-14(20)6-8-16/h5-8,13,15H,2-4,9-12H2,1H3,(H,21,26)/t13-,15+/m0/s1. The summed E-state index contributed by atoms with van der Waals surface area (Å²) in [7, 11) is 0. The molecule has 1 N–H and O–H groups in total. The van der Waals surface area contributed by atoms with Crippen LogP contribution in [0.3, 0.4) is 0 Å². The second-order valence-corrected chi connectivity index (χ2v) is 7.30. The first kappa shape index (κ1) is 19.5. The van der Waals surface area contributed by atoms with Gasteiger partial charge in [-0.2, -0.15) is 0 Å². The number of likely N-dealkylation sites (tertiary alicyclic amines) is 1. The van der Waals surface area contributed by atoms with E-state index in [2.05, 4.69) is 5.32 Å². The summed E-state index contributed by atoms with van der Waals surface area (Å²) >= 11 is 5.89. The number of halogens is 1. The van der Waals surface area contributed by atoms with Gasteiger partial charge < -0.3 is 19.9 Å². The van der Waals surface area contributed by atoms with Gasteiger partial charge in [-0.3, -0.25) is 9.59 Å². The molecule has 2 saturated heterocycles. The lowest BCUT2D eigenvalue weighted by molar-refractivity contribution is -0.149. The van der Waals surface area contributed by atoms with Crippen molar-refractivity contribution in [2.75, 3.05) is 31.1 Å². The molecule has 7 nitrogen and oxygen atoms in total. The van der Waals surface area contributed by atoms with Crippen molar-refractivity contribution in [2.45, 2.75) is 32.2 Å². The summed E-state index contributed by atoms with van der Waals surface area (Å²) in [4.78, 5) is 40.1. The fourth-order valence-corrected chi connectivity index (χ4v) is 3.68. The fraction of sp³-hybridized carbons (Fsp3) is 0.526. The van der Waals surface area contributed by atoms with E-state index in [9.17, 15) is 14.4 Å². The number of esters is 1. The van der Waals surface area contributed by atoms with Crippen molar-refractivity contribution in [1.82, 2.24) is 10.2 Å². The minimum absolute atomic E-state index is 0.0364. The minimum Gasteiger partial charge on any atom is -0.466 e. The molecule has 0 unspecified atom stereocenters. The Kier molecular flexibility index (Phi) is 6.21. The molecule has 2 aliphatic rings. The van der Waals surface area contributed by atoms with Crippen LogP contribution in [-0.2, 0) is 14.3 Å². The molecular formula is C19H24ClN3O4. The molecule has 1 aromatic rings. The smallest absolute Gasteiger partial charge is 0.317 e. The van der Waals surface area contributed by atoms with Gasteiger partial charge in [0.1, 0.15) is 0 Å². The molecule has 0 radical (unpaired) electrons. The molecule has 0 aliphatic carbocycles. The maximum absolute atomic E-state index is 12.6. The Balaban J connectivity index is 1.56. The maximum atomic E-state index is 12.6. The Labute approximate surface area is 163 Å². The molecule has 3 rings (SSSR count). The summed E-state index contributed by atoms with van der Waals surface area (Å²) in [6, 6.07) is 6.56. The zero-order valence-electron chi connectivity index (χ0n) is 15.3. The summed E-state index contributed by atoms with van der Waals surface area (Å²) in [5.41, 5.74) is 0.765. The third kappa shape index (κ3) is 4.71. The number of hydrogen-bond acceptors (Lipinski definition) is 4. The Morgan fingerprint density at radius 3 is 2.70 bits per heavy atom. The number of urea groups is 1. The molecule has 2 atom stereocenters. The third-order valence-corrected chi connectivity index (χ3v) is 5.17. The van der Waals surface area contributed by atoms with Gasteiger partial charge in [0.05, 0.1) is 18.6 Å². The highest BCUT2D eigenvalue weighted by atomic mass is 35.5. The van der Waals surface area contributed by atoms with Crippen molar-refractivity contribution >= 4 is 35.2 Å². The summed E-state index contributed by atoms with van der Waals surface area (Å²) < 4.78 is 5.07. The minimum atomic E-state index is -0.278. The molecule has 0 spiro atoms. The molecule has 1 aromatic carbocycles. The Morgan fingerprint density at radius 2 is 2.00 bits per heavy atom. The van der Waals surface area contributed by atoms with Gasteiger partial charge in [-0.05, 0) is 44.0 Å². The Morgan fingerprint density at radius 1 is 1.26 bits per heavy atom. The molecule has 8 heteroatoms. The first-order valence-corrected chi connectivity index (χ1v) is 9.63. The molecular weight excluding hydrogens is 370 g/mol. The number of benzene rings is 1. The normalized spacial score (nSPS) is 22.7. The van der Waals surface area contributed by atoms with Crippen molar-refractivity contribution in [3.05, 3.63) is 29.3 Å². The first-order chi connectivity index (χ1) is 13.0. The largest absolute Gasteiger partial charge is 0.466 e. The highest BCUT2D eigenvalue weighted by molar-refractivity contribution is 6.30. The molecule has 27 heavy (non-hydrogen) atoms. The number of rotatable bonds is 4. The monoisotopic (exact) mass is 393 g/mol. The number of anilines is 1. The lowest BCUT2D eigenvalue weighted by Gasteiger charge is -2.32. The number of carbonyl (C=O) groups excluding carboxylic acids is 3. The third-order valence-electron chi connectivity index (χ3n) is 4.92. The lowest BCUT2D eigenvalue weighted by atomic mass is 9.98. The molecule has 2 fully saturated rings. The summed E-state index contributed by atoms with van der Waals surface area (Å²) in [5, 5.41) is 3.54. The quantitative estimate of drug-likeness (QED) is 0.797. The van der Waals surface area contributed by atoms with Crippen LogP contribution in [0.1, 0.15) is 26.2 Å². The van der Waals surface area contributed by atoms with Crippen molar-refractivity contribution in [3.63, 3.8) is 0 Å². The molecule has 0 aromatic heterocycles. The molecule has 3 amide bonds. The van der Waals surface area contributed by atoms with Crippen molar-refractivity contribution < 1.29 is 19.1 Å². The number of nitrogens with one attached hydrogen (secondary N) is 1. The zero-order chi connectivity index (χ0) is 19.4. The number of amides is 3. The van der Waals surface area contributed by atoms with E-state index in [1.54, 1.807) is 41.0 Å². The van der Waals surface area contributed by atoms with Gasteiger partial charge in [0, 0.05) is 36.8 Å². The molecule has 0 saturated carbocycles. The molecule has 146 valence electrons. The van der Waals surface area contributed by atoms with E-state index in [4.69, 9.17) is 16.3 Å². The van der Waals surface area contributed by atoms with Crippen LogP contribution in [-0.4, -0.2) is 55.1 Å². The predicted molar refractivity (Wildman–Crippen MR) is 102 cm³/mol. The number of hydrogen-bond donors (Lipinski definition) is 1. The van der Waals surface area contributed by atoms with Crippen LogP contribution < -0.4 is 10.2 Å². The van der Waals surface area contributed by atoms with Gasteiger partial charge in [0.25, 0.3) is 0 Å². The van der Waals surface area contributed by atoms with Gasteiger partial charge in [0.2, 0.25) is 5.91 Å². The first-order valence-electron chi connectivity index (χ1n) is 9.26. The maximum Gasteiger partial charge on any atom is 0.317 e. The van der Waals surface area contributed by atoms with E-state index in [1.165, 1.54) is 0 Å². The second kappa shape index (κ2) is 8.61. The fourth-order valence-electron chi connectivity index (χ4n) is 3.55. The van der Waals surface area contributed by atoms with E-state index in [-0.39, 0.29) is 36.3 Å². The van der Waals surface area contributed by atoms with Crippen molar-refractivity contribution in [3.8, 4) is 0 Å². The number of carbonyl (C=O) groups is 3. The summed E-state index contributed by atoms with van der Waals surface area (Å²) in [6.07, 6.45) is 1.75. The van der Waals surface area contributed by atoms with Crippen molar-refractivity contribution in [2.24, 2.45) is 5.92 Å². The van der Waals surface area contributed by atoms with Gasteiger partial charge in [-0.1, -0.05) is 11.6 Å². The van der Waals surface area contributed by atoms with Gasteiger partial charge in [0.15, 0.2) is 0 Å². The van der Waals surface area contributed by atoms with Gasteiger partial charge >= 0.3 is 12.0 Å². The van der Waals surface area contributed by atoms with E-state index in [0.717, 1.165) is 18.5 Å².